The van der Waals surface area contributed by atoms with Gasteiger partial charge in [-0.25, -0.2) is 19.4 Å². The van der Waals surface area contributed by atoms with Crippen LogP contribution < -0.4 is 10.3 Å². The van der Waals surface area contributed by atoms with Crippen molar-refractivity contribution in [2.75, 3.05) is 20.2 Å². The Hall–Kier alpha value is -4.71. The number of carboxylic acid groups (broad SMARTS) is 1. The van der Waals surface area contributed by atoms with Crippen molar-refractivity contribution in [3.05, 3.63) is 68.5 Å². The van der Waals surface area contributed by atoms with Crippen LogP contribution >= 0.6 is 0 Å². The number of fused-ring (bicyclic) bond motifs is 5. The van der Waals surface area contributed by atoms with Crippen LogP contribution in [0.5, 0.6) is 5.75 Å². The van der Waals surface area contributed by atoms with Crippen molar-refractivity contribution in [1.29, 1.82) is 0 Å². The van der Waals surface area contributed by atoms with Crippen LogP contribution in [-0.4, -0.2) is 68.5 Å². The second-order valence-corrected chi connectivity index (χ2v) is 12.6. The maximum absolute atomic E-state index is 13.6. The van der Waals surface area contributed by atoms with E-state index < -0.39 is 29.2 Å². The standard InChI is InChI=1S/C34H39N3O9/c1-7-21-22-14-20(44-17-19(30(39)40)10-9-13-36(6)32(42)46-33(3,4)5)11-12-26(22)35-28-23(21)16-37-27(28)15-25-24(29(37)38)18-45-31(41)34(25,43)8-2/h10-12,14-15,43H,7-9,13,16-18H2,1-6H3,(H,39,40)/b19-10+/t34-/m0/s1. The van der Waals surface area contributed by atoms with Gasteiger partial charge in [-0.1, -0.05) is 19.9 Å². The number of carboxylic acids is 1. The quantitative estimate of drug-likeness (QED) is 0.201. The predicted molar refractivity (Wildman–Crippen MR) is 169 cm³/mol. The number of aryl methyl sites for hydroxylation is 1. The highest BCUT2D eigenvalue weighted by Gasteiger charge is 2.45. The van der Waals surface area contributed by atoms with Crippen LogP contribution in [0.25, 0.3) is 22.3 Å². The molecule has 0 saturated carbocycles. The minimum atomic E-state index is -1.90. The topological polar surface area (TPSA) is 157 Å². The van der Waals surface area contributed by atoms with Gasteiger partial charge in [0.25, 0.3) is 5.56 Å². The molecule has 1 aromatic carbocycles. The van der Waals surface area contributed by atoms with E-state index in [9.17, 15) is 29.4 Å². The Morgan fingerprint density at radius 2 is 1.91 bits per heavy atom. The fourth-order valence-corrected chi connectivity index (χ4v) is 5.87. The fourth-order valence-electron chi connectivity index (χ4n) is 5.87. The summed E-state index contributed by atoms with van der Waals surface area (Å²) in [5.74, 6) is -1.44. The van der Waals surface area contributed by atoms with Crippen LogP contribution in [0.2, 0.25) is 0 Å². The molecule has 1 amide bonds. The lowest BCUT2D eigenvalue weighted by molar-refractivity contribution is -0.172. The summed E-state index contributed by atoms with van der Waals surface area (Å²) in [6.45, 7) is 9.15. The second-order valence-electron chi connectivity index (χ2n) is 12.6. The molecule has 4 heterocycles. The molecule has 5 rings (SSSR count). The number of aromatic nitrogens is 2. The van der Waals surface area contributed by atoms with E-state index in [1.165, 1.54) is 11.0 Å². The number of ether oxygens (including phenoxy) is 3. The number of cyclic esters (lactones) is 1. The number of hydrogen-bond acceptors (Lipinski definition) is 9. The lowest BCUT2D eigenvalue weighted by Gasteiger charge is -2.31. The van der Waals surface area contributed by atoms with Gasteiger partial charge in [-0.15, -0.1) is 0 Å². The first-order valence-electron chi connectivity index (χ1n) is 15.3. The Bertz CT molecular complexity index is 1840. The zero-order valence-corrected chi connectivity index (χ0v) is 26.9. The van der Waals surface area contributed by atoms with E-state index in [1.807, 2.05) is 13.0 Å². The number of benzene rings is 1. The summed E-state index contributed by atoms with van der Waals surface area (Å²) in [5, 5.41) is 21.7. The molecule has 244 valence electrons. The Morgan fingerprint density at radius 3 is 2.57 bits per heavy atom. The largest absolute Gasteiger partial charge is 0.489 e. The third kappa shape index (κ3) is 5.96. The number of aliphatic carboxylic acids is 1. The molecule has 0 aliphatic carbocycles. The first-order chi connectivity index (χ1) is 21.7. The van der Waals surface area contributed by atoms with Crippen LogP contribution in [0, 0.1) is 0 Å². The molecule has 0 saturated heterocycles. The Balaban J connectivity index is 1.40. The fraction of sp³-hybridized carbons (Fsp3) is 0.441. The monoisotopic (exact) mass is 633 g/mol. The zero-order valence-electron chi connectivity index (χ0n) is 26.9. The molecule has 0 unspecified atom stereocenters. The number of esters is 1. The van der Waals surface area contributed by atoms with Crippen molar-refractivity contribution in [3.8, 4) is 17.1 Å². The number of carbonyl (C=O) groups is 3. The Morgan fingerprint density at radius 1 is 1.17 bits per heavy atom. The molecule has 0 bridgehead atoms. The van der Waals surface area contributed by atoms with Gasteiger partial charge in [0.15, 0.2) is 5.60 Å². The van der Waals surface area contributed by atoms with E-state index in [2.05, 4.69) is 0 Å². The van der Waals surface area contributed by atoms with Crippen molar-refractivity contribution in [2.24, 2.45) is 0 Å². The van der Waals surface area contributed by atoms with Crippen LogP contribution in [0.15, 0.2) is 40.7 Å². The minimum absolute atomic E-state index is 0.0498. The summed E-state index contributed by atoms with van der Waals surface area (Å²) in [4.78, 5) is 56.5. The first-order valence-corrected chi connectivity index (χ1v) is 15.3. The van der Waals surface area contributed by atoms with Gasteiger partial charge in [0.1, 0.15) is 24.6 Å². The van der Waals surface area contributed by atoms with E-state index in [-0.39, 0.29) is 55.0 Å². The summed E-state index contributed by atoms with van der Waals surface area (Å²) < 4.78 is 18.0. The first kappa shape index (κ1) is 32.7. The molecular weight excluding hydrogens is 594 g/mol. The number of amides is 1. The molecule has 2 aliphatic rings. The van der Waals surface area contributed by atoms with Crippen LogP contribution in [-0.2, 0) is 44.2 Å². The van der Waals surface area contributed by atoms with Gasteiger partial charge in [-0.3, -0.25) is 4.79 Å². The predicted octanol–water partition coefficient (Wildman–Crippen LogP) is 4.29. The normalized spacial score (nSPS) is 17.2. The molecular formula is C34H39N3O9. The number of rotatable bonds is 9. The van der Waals surface area contributed by atoms with Crippen molar-refractivity contribution >= 4 is 28.9 Å². The summed E-state index contributed by atoms with van der Waals surface area (Å²) in [6.07, 6.45) is 2.02. The van der Waals surface area contributed by atoms with E-state index in [1.54, 1.807) is 57.5 Å². The third-order valence-electron chi connectivity index (χ3n) is 8.36. The Kier molecular flexibility index (Phi) is 8.69. The molecule has 0 radical (unpaired) electrons. The molecule has 2 N–H and O–H groups in total. The molecule has 2 aromatic heterocycles. The van der Waals surface area contributed by atoms with Crippen LogP contribution in [0.1, 0.15) is 69.7 Å². The minimum Gasteiger partial charge on any atom is -0.489 e. The smallest absolute Gasteiger partial charge is 0.410 e. The average molecular weight is 634 g/mol. The molecule has 12 heteroatoms. The van der Waals surface area contributed by atoms with Gasteiger partial charge in [0.2, 0.25) is 0 Å². The molecule has 0 fully saturated rings. The summed E-state index contributed by atoms with van der Waals surface area (Å²) in [7, 11) is 1.59. The molecule has 1 atom stereocenters. The zero-order chi connectivity index (χ0) is 33.6. The van der Waals surface area contributed by atoms with Crippen molar-refractivity contribution < 1.29 is 38.8 Å². The van der Waals surface area contributed by atoms with E-state index in [4.69, 9.17) is 19.2 Å². The van der Waals surface area contributed by atoms with Crippen molar-refractivity contribution in [2.45, 2.75) is 78.2 Å². The van der Waals surface area contributed by atoms with Gasteiger partial charge >= 0.3 is 18.0 Å². The molecule has 0 spiro atoms. The number of pyridine rings is 2. The highest BCUT2D eigenvalue weighted by Crippen LogP contribution is 2.40. The highest BCUT2D eigenvalue weighted by molar-refractivity contribution is 5.90. The van der Waals surface area contributed by atoms with E-state index in [0.717, 1.165) is 16.5 Å². The maximum Gasteiger partial charge on any atom is 0.410 e. The molecule has 2 aliphatic heterocycles. The lowest BCUT2D eigenvalue weighted by Crippen LogP contribution is -2.44. The number of nitrogens with zero attached hydrogens (tertiary/aromatic N) is 3. The van der Waals surface area contributed by atoms with Crippen molar-refractivity contribution in [3.63, 3.8) is 0 Å². The number of hydrogen-bond donors (Lipinski definition) is 2. The lowest BCUT2D eigenvalue weighted by atomic mass is 9.86. The third-order valence-corrected chi connectivity index (χ3v) is 8.36. The van der Waals surface area contributed by atoms with Gasteiger partial charge in [0, 0.05) is 30.1 Å². The summed E-state index contributed by atoms with van der Waals surface area (Å²) in [6, 6.07) is 6.99. The van der Waals surface area contributed by atoms with Gasteiger partial charge in [-0.05, 0) is 69.9 Å². The van der Waals surface area contributed by atoms with Gasteiger partial charge in [0.05, 0.1) is 34.6 Å². The van der Waals surface area contributed by atoms with E-state index >= 15 is 0 Å². The maximum atomic E-state index is 13.6. The van der Waals surface area contributed by atoms with Crippen molar-refractivity contribution in [1.82, 2.24) is 14.5 Å². The van der Waals surface area contributed by atoms with Gasteiger partial charge < -0.3 is 33.9 Å². The molecule has 46 heavy (non-hydrogen) atoms. The second kappa shape index (κ2) is 12.2. The van der Waals surface area contributed by atoms with Gasteiger partial charge in [-0.2, -0.15) is 0 Å². The molecule has 3 aromatic rings. The summed E-state index contributed by atoms with van der Waals surface area (Å²) in [5.41, 5.74) is 1.34. The van der Waals surface area contributed by atoms with Crippen LogP contribution in [0.4, 0.5) is 4.79 Å². The number of aliphatic hydroxyl groups is 1. The Labute approximate surface area is 266 Å². The highest BCUT2D eigenvalue weighted by atomic mass is 16.6. The number of carbonyl (C=O) groups excluding carboxylic acids is 2. The SMILES string of the molecule is CCc1c2c(nc3ccc(OC/C(=C\CCN(C)C(=O)OC(C)(C)C)C(=O)O)cc13)-c1cc3c(c(=O)n1C2)COC(=O)[C@]3(O)CC. The average Bonchev–Trinajstić information content (AvgIpc) is 3.37. The van der Waals surface area contributed by atoms with E-state index in [0.29, 0.717) is 35.5 Å². The van der Waals surface area contributed by atoms with Crippen LogP contribution in [0.3, 0.4) is 0 Å². The summed E-state index contributed by atoms with van der Waals surface area (Å²) >= 11 is 0. The molecule has 12 nitrogen and oxygen atoms in total.